The van der Waals surface area contributed by atoms with Crippen LogP contribution in [-0.2, 0) is 10.0 Å². The lowest BCUT2D eigenvalue weighted by atomic mass is 10.3. The fraction of sp³-hybridized carbons (Fsp3) is 0.364. The van der Waals surface area contributed by atoms with Crippen molar-refractivity contribution in [2.24, 2.45) is 0 Å². The molecular formula is C11H14N2O6S. The summed E-state index contributed by atoms with van der Waals surface area (Å²) in [5, 5.41) is 17.8. The van der Waals surface area contributed by atoms with Gasteiger partial charge in [-0.2, -0.15) is 4.31 Å². The van der Waals surface area contributed by atoms with Gasteiger partial charge in [0, 0.05) is 19.2 Å². The summed E-state index contributed by atoms with van der Waals surface area (Å²) in [5.74, 6) is -0.669. The first-order valence-electron chi connectivity index (χ1n) is 5.84. The molecule has 3 N–H and O–H groups in total. The average Bonchev–Trinajstić information content (AvgIpc) is 2.77. The van der Waals surface area contributed by atoms with Crippen LogP contribution < -0.4 is 5.76 Å². The Morgan fingerprint density at radius 2 is 1.85 bits per heavy atom. The lowest BCUT2D eigenvalue weighted by Crippen LogP contribution is -2.35. The molecule has 1 aromatic heterocycles. The molecule has 0 bridgehead atoms. The van der Waals surface area contributed by atoms with Crippen LogP contribution in [-0.4, -0.2) is 54.2 Å². The molecule has 0 aliphatic carbocycles. The second-order valence-corrected chi connectivity index (χ2v) is 5.96. The first-order valence-corrected chi connectivity index (χ1v) is 7.28. The van der Waals surface area contributed by atoms with Gasteiger partial charge in [-0.15, -0.1) is 0 Å². The van der Waals surface area contributed by atoms with Crippen molar-refractivity contribution in [3.63, 3.8) is 0 Å². The van der Waals surface area contributed by atoms with Gasteiger partial charge in [0.15, 0.2) is 5.58 Å². The lowest BCUT2D eigenvalue weighted by molar-refractivity contribution is 0.217. The standard InChI is InChI=1S/C11H14N2O6S/c14-5-3-13(4-6-15)20(17,18)8-1-2-9-10(7-8)19-11(16)12-9/h1-2,7,14-15H,3-6H2,(H,12,16). The van der Waals surface area contributed by atoms with Gasteiger partial charge >= 0.3 is 5.76 Å². The number of fused-ring (bicyclic) bond motifs is 1. The smallest absolute Gasteiger partial charge is 0.408 e. The molecule has 0 spiro atoms. The van der Waals surface area contributed by atoms with Gasteiger partial charge in [0.1, 0.15) is 0 Å². The van der Waals surface area contributed by atoms with E-state index >= 15 is 0 Å². The second kappa shape index (κ2) is 5.75. The zero-order valence-electron chi connectivity index (χ0n) is 10.4. The van der Waals surface area contributed by atoms with E-state index in [0.29, 0.717) is 5.52 Å². The summed E-state index contributed by atoms with van der Waals surface area (Å²) < 4.78 is 30.4. The van der Waals surface area contributed by atoms with Gasteiger partial charge in [-0.05, 0) is 12.1 Å². The molecule has 0 saturated heterocycles. The van der Waals surface area contributed by atoms with E-state index in [1.165, 1.54) is 18.2 Å². The minimum atomic E-state index is -3.87. The topological polar surface area (TPSA) is 124 Å². The van der Waals surface area contributed by atoms with E-state index in [-0.39, 0.29) is 36.8 Å². The third-order valence-corrected chi connectivity index (χ3v) is 4.62. The van der Waals surface area contributed by atoms with Gasteiger partial charge < -0.3 is 14.6 Å². The number of nitrogens with one attached hydrogen (secondary N) is 1. The zero-order valence-corrected chi connectivity index (χ0v) is 11.3. The quantitative estimate of drug-likeness (QED) is 0.635. The minimum absolute atomic E-state index is 0.0744. The lowest BCUT2D eigenvalue weighted by Gasteiger charge is -2.20. The molecule has 2 rings (SSSR count). The van der Waals surface area contributed by atoms with Crippen molar-refractivity contribution in [1.82, 2.24) is 9.29 Å². The van der Waals surface area contributed by atoms with Gasteiger partial charge in [-0.3, -0.25) is 4.98 Å². The number of rotatable bonds is 6. The maximum Gasteiger partial charge on any atom is 0.417 e. The van der Waals surface area contributed by atoms with E-state index < -0.39 is 15.8 Å². The molecule has 2 aromatic rings. The molecule has 9 heteroatoms. The molecule has 0 fully saturated rings. The highest BCUT2D eigenvalue weighted by molar-refractivity contribution is 7.89. The number of aliphatic hydroxyl groups excluding tert-OH is 2. The molecule has 0 saturated carbocycles. The van der Waals surface area contributed by atoms with E-state index in [9.17, 15) is 13.2 Å². The van der Waals surface area contributed by atoms with Crippen LogP contribution in [0, 0.1) is 0 Å². The van der Waals surface area contributed by atoms with Gasteiger partial charge in [0.05, 0.1) is 23.6 Å². The number of oxazole rings is 1. The minimum Gasteiger partial charge on any atom is -0.408 e. The highest BCUT2D eigenvalue weighted by atomic mass is 32.2. The summed E-state index contributed by atoms with van der Waals surface area (Å²) in [6, 6.07) is 3.97. The summed E-state index contributed by atoms with van der Waals surface area (Å²) in [6.07, 6.45) is 0. The predicted molar refractivity (Wildman–Crippen MR) is 69.8 cm³/mol. The van der Waals surface area contributed by atoms with Crippen LogP contribution in [0.2, 0.25) is 0 Å². The van der Waals surface area contributed by atoms with Gasteiger partial charge in [0.25, 0.3) is 0 Å². The number of nitrogens with zero attached hydrogens (tertiary/aromatic N) is 1. The van der Waals surface area contributed by atoms with E-state index in [0.717, 1.165) is 4.31 Å². The summed E-state index contributed by atoms with van der Waals surface area (Å²) in [6.45, 7) is -0.975. The van der Waals surface area contributed by atoms with Crippen molar-refractivity contribution in [1.29, 1.82) is 0 Å². The molecule has 1 aromatic carbocycles. The van der Waals surface area contributed by atoms with Crippen molar-refractivity contribution in [3.05, 3.63) is 28.7 Å². The second-order valence-electron chi connectivity index (χ2n) is 4.02. The molecule has 0 amide bonds. The van der Waals surface area contributed by atoms with Crippen LogP contribution >= 0.6 is 0 Å². The van der Waals surface area contributed by atoms with Crippen LogP contribution in [0.3, 0.4) is 0 Å². The third kappa shape index (κ3) is 2.75. The SMILES string of the molecule is O=c1[nH]c2ccc(S(=O)(=O)N(CCO)CCO)cc2o1. The monoisotopic (exact) mass is 302 g/mol. The molecule has 0 radical (unpaired) electrons. The van der Waals surface area contributed by atoms with Crippen molar-refractivity contribution in [2.45, 2.75) is 4.90 Å². The van der Waals surface area contributed by atoms with E-state index in [1.807, 2.05) is 0 Å². The number of aromatic nitrogens is 1. The molecule has 0 unspecified atom stereocenters. The summed E-state index contributed by atoms with van der Waals surface area (Å²) in [5.41, 5.74) is 0.522. The van der Waals surface area contributed by atoms with E-state index in [2.05, 4.69) is 4.98 Å². The van der Waals surface area contributed by atoms with Gasteiger partial charge in [0.2, 0.25) is 10.0 Å². The number of benzene rings is 1. The summed E-state index contributed by atoms with van der Waals surface area (Å²) >= 11 is 0. The maximum atomic E-state index is 12.3. The number of sulfonamides is 1. The summed E-state index contributed by atoms with van der Waals surface area (Å²) in [4.78, 5) is 13.4. The largest absolute Gasteiger partial charge is 0.417 e. The maximum absolute atomic E-state index is 12.3. The van der Waals surface area contributed by atoms with Crippen LogP contribution in [0.1, 0.15) is 0 Å². The molecule has 0 atom stereocenters. The predicted octanol–water partition coefficient (Wildman–Crippen LogP) is -0.904. The highest BCUT2D eigenvalue weighted by Crippen LogP contribution is 2.20. The summed E-state index contributed by atoms with van der Waals surface area (Å²) in [7, 11) is -3.87. The number of hydrogen-bond acceptors (Lipinski definition) is 6. The molecule has 110 valence electrons. The van der Waals surface area contributed by atoms with Gasteiger partial charge in [-0.1, -0.05) is 0 Å². The Kier molecular flexibility index (Phi) is 4.23. The Hall–Kier alpha value is -1.68. The van der Waals surface area contributed by atoms with Crippen LogP contribution in [0.25, 0.3) is 11.1 Å². The Morgan fingerprint density at radius 1 is 1.20 bits per heavy atom. The van der Waals surface area contributed by atoms with Crippen molar-refractivity contribution in [3.8, 4) is 0 Å². The van der Waals surface area contributed by atoms with Crippen molar-refractivity contribution in [2.75, 3.05) is 26.3 Å². The fourth-order valence-corrected chi connectivity index (χ4v) is 3.25. The number of aliphatic hydroxyl groups is 2. The Balaban J connectivity index is 2.46. The Labute approximate surface area is 114 Å². The molecule has 1 heterocycles. The molecule has 0 aliphatic heterocycles. The first-order chi connectivity index (χ1) is 9.48. The Morgan fingerprint density at radius 3 is 2.45 bits per heavy atom. The highest BCUT2D eigenvalue weighted by Gasteiger charge is 2.24. The number of hydrogen-bond donors (Lipinski definition) is 3. The normalized spacial score (nSPS) is 12.3. The van der Waals surface area contributed by atoms with Gasteiger partial charge in [-0.25, -0.2) is 13.2 Å². The molecule has 20 heavy (non-hydrogen) atoms. The fourth-order valence-electron chi connectivity index (χ4n) is 1.81. The third-order valence-electron chi connectivity index (χ3n) is 2.73. The average molecular weight is 302 g/mol. The zero-order chi connectivity index (χ0) is 14.8. The number of H-pyrrole nitrogens is 1. The van der Waals surface area contributed by atoms with E-state index in [1.54, 1.807) is 0 Å². The van der Waals surface area contributed by atoms with Crippen LogP contribution in [0.15, 0.2) is 32.3 Å². The van der Waals surface area contributed by atoms with Crippen molar-refractivity contribution < 1.29 is 23.0 Å². The van der Waals surface area contributed by atoms with E-state index in [4.69, 9.17) is 14.6 Å². The van der Waals surface area contributed by atoms with Crippen molar-refractivity contribution >= 4 is 21.1 Å². The molecular weight excluding hydrogens is 288 g/mol. The molecule has 0 aliphatic rings. The Bertz CT molecular complexity index is 742. The van der Waals surface area contributed by atoms with Crippen LogP contribution in [0.4, 0.5) is 0 Å². The first kappa shape index (κ1) is 14.7. The van der Waals surface area contributed by atoms with Crippen LogP contribution in [0.5, 0.6) is 0 Å². The molecule has 8 nitrogen and oxygen atoms in total. The number of aromatic amines is 1.